The molecule has 118 valence electrons. The van der Waals surface area contributed by atoms with Crippen LogP contribution in [0, 0.1) is 0 Å². The zero-order valence-corrected chi connectivity index (χ0v) is 13.1. The Balaban J connectivity index is 1.67. The summed E-state index contributed by atoms with van der Waals surface area (Å²) in [6.45, 7) is 0.217. The van der Waals surface area contributed by atoms with Crippen LogP contribution in [0.3, 0.4) is 0 Å². The first kappa shape index (κ1) is 14.2. The fraction of sp³-hybridized carbons (Fsp3) is 0.235. The van der Waals surface area contributed by atoms with Crippen molar-refractivity contribution in [1.29, 1.82) is 0 Å². The lowest BCUT2D eigenvalue weighted by Gasteiger charge is -2.44. The number of carbonyl (C=O) groups excluding carboxylic acids is 1. The summed E-state index contributed by atoms with van der Waals surface area (Å²) in [5.74, 6) is 2.02. The topological polar surface area (TPSA) is 48.0 Å². The number of amides is 1. The van der Waals surface area contributed by atoms with Crippen LogP contribution in [0.4, 0.5) is 5.69 Å². The molecule has 6 heteroatoms. The molecule has 0 bridgehead atoms. The Bertz CT molecular complexity index is 762. The van der Waals surface area contributed by atoms with Crippen molar-refractivity contribution < 1.29 is 19.0 Å². The van der Waals surface area contributed by atoms with Crippen molar-refractivity contribution in [3.8, 4) is 17.2 Å². The average Bonchev–Trinajstić information content (AvgIpc) is 3.06. The number of anilines is 1. The van der Waals surface area contributed by atoms with E-state index in [0.717, 1.165) is 17.0 Å². The van der Waals surface area contributed by atoms with Crippen LogP contribution in [-0.4, -0.2) is 25.2 Å². The summed E-state index contributed by atoms with van der Waals surface area (Å²) in [7, 11) is 1.61. The fourth-order valence-corrected chi connectivity index (χ4v) is 3.26. The molecule has 0 unspecified atom stereocenters. The second-order valence-electron chi connectivity index (χ2n) is 5.37. The van der Waals surface area contributed by atoms with Crippen LogP contribution in [0.2, 0.25) is 0 Å². The highest BCUT2D eigenvalue weighted by Crippen LogP contribution is 2.45. The Morgan fingerprint density at radius 2 is 1.87 bits per heavy atom. The third kappa shape index (κ3) is 2.19. The zero-order chi connectivity index (χ0) is 16.0. The minimum Gasteiger partial charge on any atom is -0.497 e. The number of rotatable bonds is 3. The van der Waals surface area contributed by atoms with Gasteiger partial charge in [0, 0.05) is 5.69 Å². The summed E-state index contributed by atoms with van der Waals surface area (Å²) in [5.41, 5.74) is 1.71. The van der Waals surface area contributed by atoms with Gasteiger partial charge in [0.15, 0.2) is 11.5 Å². The fourth-order valence-electron chi connectivity index (χ4n) is 2.90. The summed E-state index contributed by atoms with van der Waals surface area (Å²) in [5, 5.41) is -0.586. The van der Waals surface area contributed by atoms with Gasteiger partial charge in [-0.3, -0.25) is 4.79 Å². The Hall–Kier alpha value is -2.40. The molecule has 1 fully saturated rings. The van der Waals surface area contributed by atoms with E-state index in [9.17, 15) is 4.79 Å². The van der Waals surface area contributed by atoms with Gasteiger partial charge in [-0.2, -0.15) is 0 Å². The summed E-state index contributed by atoms with van der Waals surface area (Å²) < 4.78 is 15.9. The second-order valence-corrected chi connectivity index (χ2v) is 5.84. The predicted molar refractivity (Wildman–Crippen MR) is 85.4 cm³/mol. The highest BCUT2D eigenvalue weighted by molar-refractivity contribution is 6.37. The first-order valence-electron chi connectivity index (χ1n) is 7.20. The molecule has 0 radical (unpaired) electrons. The number of carbonyl (C=O) groups is 1. The molecule has 2 aliphatic heterocycles. The van der Waals surface area contributed by atoms with Gasteiger partial charge in [-0.1, -0.05) is 6.07 Å². The number of alkyl halides is 1. The van der Waals surface area contributed by atoms with Gasteiger partial charge in [0.1, 0.15) is 11.1 Å². The van der Waals surface area contributed by atoms with Crippen LogP contribution >= 0.6 is 11.6 Å². The maximum absolute atomic E-state index is 12.2. The van der Waals surface area contributed by atoms with Gasteiger partial charge in [0.25, 0.3) is 0 Å². The second kappa shape index (κ2) is 5.35. The normalized spacial score (nSPS) is 22.0. The molecule has 0 N–H and O–H groups in total. The number of hydrogen-bond acceptors (Lipinski definition) is 4. The van der Waals surface area contributed by atoms with Crippen molar-refractivity contribution in [2.24, 2.45) is 0 Å². The molecule has 2 atom stereocenters. The predicted octanol–water partition coefficient (Wildman–Crippen LogP) is 3.12. The Labute approximate surface area is 138 Å². The number of halogens is 1. The van der Waals surface area contributed by atoms with Gasteiger partial charge in [-0.05, 0) is 42.0 Å². The smallest absolute Gasteiger partial charge is 0.248 e. The van der Waals surface area contributed by atoms with Gasteiger partial charge < -0.3 is 19.1 Å². The van der Waals surface area contributed by atoms with E-state index in [1.165, 1.54) is 0 Å². The molecule has 2 aliphatic rings. The van der Waals surface area contributed by atoms with E-state index in [0.29, 0.717) is 11.5 Å². The number of methoxy groups -OCH3 is 1. The summed E-state index contributed by atoms with van der Waals surface area (Å²) >= 11 is 6.27. The Morgan fingerprint density at radius 3 is 2.61 bits per heavy atom. The van der Waals surface area contributed by atoms with E-state index in [-0.39, 0.29) is 18.7 Å². The lowest BCUT2D eigenvalue weighted by Crippen LogP contribution is -2.56. The molecule has 0 aliphatic carbocycles. The van der Waals surface area contributed by atoms with Gasteiger partial charge >= 0.3 is 0 Å². The average molecular weight is 332 g/mol. The number of hydrogen-bond donors (Lipinski definition) is 0. The lowest BCUT2D eigenvalue weighted by atomic mass is 9.92. The van der Waals surface area contributed by atoms with Crippen LogP contribution in [0.15, 0.2) is 42.5 Å². The molecule has 0 aromatic heterocycles. The first-order chi connectivity index (χ1) is 11.2. The van der Waals surface area contributed by atoms with Crippen molar-refractivity contribution in [3.63, 3.8) is 0 Å². The quantitative estimate of drug-likeness (QED) is 0.640. The SMILES string of the molecule is COc1ccc(N2C(=O)[C@@H](Cl)[C@H]2c2ccc3c(c2)OCO3)cc1. The van der Waals surface area contributed by atoms with Crippen LogP contribution in [0.25, 0.3) is 0 Å². The third-order valence-corrected chi connectivity index (χ3v) is 4.54. The minimum absolute atomic E-state index is 0.112. The van der Waals surface area contributed by atoms with E-state index >= 15 is 0 Å². The van der Waals surface area contributed by atoms with E-state index in [1.54, 1.807) is 12.0 Å². The Kier molecular flexibility index (Phi) is 3.31. The minimum atomic E-state index is -0.586. The maximum atomic E-state index is 12.2. The molecule has 0 spiro atoms. The van der Waals surface area contributed by atoms with Crippen LogP contribution < -0.4 is 19.1 Å². The molecular weight excluding hydrogens is 318 g/mol. The zero-order valence-electron chi connectivity index (χ0n) is 12.4. The third-order valence-electron chi connectivity index (χ3n) is 4.12. The lowest BCUT2D eigenvalue weighted by molar-refractivity contribution is -0.123. The number of β-lactam (4-membered cyclic amide) rings is 1. The summed E-state index contributed by atoms with van der Waals surface area (Å²) in [4.78, 5) is 13.9. The molecular formula is C17H14ClNO4. The summed E-state index contributed by atoms with van der Waals surface area (Å²) in [6.07, 6.45) is 0. The molecule has 4 rings (SSSR count). The number of benzene rings is 2. The van der Waals surface area contributed by atoms with Gasteiger partial charge in [0.2, 0.25) is 12.7 Å². The van der Waals surface area contributed by atoms with Gasteiger partial charge in [-0.15, -0.1) is 11.6 Å². The van der Waals surface area contributed by atoms with Gasteiger partial charge in [-0.25, -0.2) is 0 Å². The van der Waals surface area contributed by atoms with Gasteiger partial charge in [0.05, 0.1) is 13.2 Å². The highest BCUT2D eigenvalue weighted by atomic mass is 35.5. The molecule has 1 saturated heterocycles. The van der Waals surface area contributed by atoms with E-state index in [2.05, 4.69) is 0 Å². The molecule has 0 saturated carbocycles. The van der Waals surface area contributed by atoms with Crippen molar-refractivity contribution >= 4 is 23.2 Å². The number of fused-ring (bicyclic) bond motifs is 1. The van der Waals surface area contributed by atoms with Crippen molar-refractivity contribution in [3.05, 3.63) is 48.0 Å². The summed E-state index contributed by atoms with van der Waals surface area (Å²) in [6, 6.07) is 12.7. The highest BCUT2D eigenvalue weighted by Gasteiger charge is 2.48. The largest absolute Gasteiger partial charge is 0.497 e. The molecule has 1 amide bonds. The maximum Gasteiger partial charge on any atom is 0.248 e. The van der Waals surface area contributed by atoms with Crippen molar-refractivity contribution in [2.75, 3.05) is 18.8 Å². The van der Waals surface area contributed by atoms with E-state index in [1.807, 2.05) is 42.5 Å². The van der Waals surface area contributed by atoms with Crippen LogP contribution in [0.1, 0.15) is 11.6 Å². The molecule has 5 nitrogen and oxygen atoms in total. The number of ether oxygens (including phenoxy) is 3. The standard InChI is InChI=1S/C17H14ClNO4/c1-21-12-5-3-11(4-6-12)19-16(15(18)17(19)20)10-2-7-13-14(8-10)23-9-22-13/h2-8,15-16H,9H2,1H3/t15-,16+/m0/s1. The van der Waals surface area contributed by atoms with E-state index in [4.69, 9.17) is 25.8 Å². The number of nitrogens with zero attached hydrogens (tertiary/aromatic N) is 1. The Morgan fingerprint density at radius 1 is 1.13 bits per heavy atom. The molecule has 2 heterocycles. The van der Waals surface area contributed by atoms with Crippen LogP contribution in [-0.2, 0) is 4.79 Å². The molecule has 2 aromatic carbocycles. The first-order valence-corrected chi connectivity index (χ1v) is 7.63. The molecule has 2 aromatic rings. The van der Waals surface area contributed by atoms with Crippen molar-refractivity contribution in [2.45, 2.75) is 11.4 Å². The van der Waals surface area contributed by atoms with Crippen molar-refractivity contribution in [1.82, 2.24) is 0 Å². The van der Waals surface area contributed by atoms with Crippen LogP contribution in [0.5, 0.6) is 17.2 Å². The molecule has 23 heavy (non-hydrogen) atoms. The monoisotopic (exact) mass is 331 g/mol. The van der Waals surface area contributed by atoms with E-state index < -0.39 is 5.38 Å².